The van der Waals surface area contributed by atoms with E-state index < -0.39 is 4.92 Å². The Kier molecular flexibility index (Phi) is 2.39. The molecular formula is C5H4ClN3O2S. The third kappa shape index (κ3) is 1.59. The Balaban J connectivity index is 3.49. The number of hydrogen-bond donors (Lipinski definition) is 1. The minimum atomic E-state index is -0.659. The van der Waals surface area contributed by atoms with Gasteiger partial charge in [-0.3, -0.25) is 10.1 Å². The maximum atomic E-state index is 10.3. The number of aryl methyl sites for hydroxylation is 1. The van der Waals surface area contributed by atoms with Crippen LogP contribution in [0.3, 0.4) is 0 Å². The zero-order valence-corrected chi connectivity index (χ0v) is 7.57. The molecule has 0 spiro atoms. The molecule has 0 aliphatic carbocycles. The van der Waals surface area contributed by atoms with Crippen LogP contribution < -0.4 is 0 Å². The van der Waals surface area contributed by atoms with Crippen molar-refractivity contribution in [1.29, 1.82) is 0 Å². The van der Waals surface area contributed by atoms with Crippen molar-refractivity contribution in [3.05, 3.63) is 25.7 Å². The van der Waals surface area contributed by atoms with Gasteiger partial charge in [0.15, 0.2) is 5.15 Å². The number of rotatable bonds is 1. The summed E-state index contributed by atoms with van der Waals surface area (Å²) >= 11 is 10.2. The second-order valence-electron chi connectivity index (χ2n) is 2.05. The predicted octanol–water partition coefficient (Wildman–Crippen LogP) is 2.01. The van der Waals surface area contributed by atoms with Crippen molar-refractivity contribution in [2.75, 3.05) is 0 Å². The lowest BCUT2D eigenvalue weighted by molar-refractivity contribution is -0.385. The molecule has 1 heterocycles. The molecule has 7 heteroatoms. The van der Waals surface area contributed by atoms with Crippen LogP contribution in [0.15, 0.2) is 0 Å². The average molecular weight is 206 g/mol. The van der Waals surface area contributed by atoms with Crippen LogP contribution in [0, 0.1) is 21.7 Å². The van der Waals surface area contributed by atoms with Crippen molar-refractivity contribution in [2.45, 2.75) is 6.92 Å². The summed E-state index contributed by atoms with van der Waals surface area (Å²) in [6, 6.07) is 0. The second kappa shape index (κ2) is 3.16. The third-order valence-corrected chi connectivity index (χ3v) is 1.71. The molecule has 0 unspecified atom stereocenters. The van der Waals surface area contributed by atoms with Crippen molar-refractivity contribution in [3.63, 3.8) is 0 Å². The standard InChI is InChI=1S/C5H4ClN3O2S/c1-2-7-4(6)3(9(10)11)5(12)8-2/h1H3,(H,7,8,12). The molecule has 5 nitrogen and oxygen atoms in total. The quantitative estimate of drug-likeness (QED) is 0.330. The fourth-order valence-corrected chi connectivity index (χ4v) is 1.37. The molecular weight excluding hydrogens is 202 g/mol. The molecule has 0 amide bonds. The molecule has 0 aliphatic heterocycles. The Morgan fingerprint density at radius 3 is 2.75 bits per heavy atom. The van der Waals surface area contributed by atoms with Gasteiger partial charge in [-0.25, -0.2) is 4.98 Å². The van der Waals surface area contributed by atoms with Crippen LogP contribution in [0.2, 0.25) is 5.15 Å². The summed E-state index contributed by atoms with van der Waals surface area (Å²) in [6.07, 6.45) is 0. The van der Waals surface area contributed by atoms with Gasteiger partial charge in [-0.2, -0.15) is 0 Å². The van der Waals surface area contributed by atoms with Crippen molar-refractivity contribution >= 4 is 29.5 Å². The zero-order valence-electron chi connectivity index (χ0n) is 6.00. The fourth-order valence-electron chi connectivity index (χ4n) is 0.703. The van der Waals surface area contributed by atoms with Crippen LogP contribution in [-0.2, 0) is 0 Å². The Hall–Kier alpha value is -1.01. The fraction of sp³-hybridized carbons (Fsp3) is 0.200. The highest BCUT2D eigenvalue weighted by Gasteiger charge is 2.16. The van der Waals surface area contributed by atoms with Gasteiger partial charge in [0.05, 0.1) is 4.92 Å². The second-order valence-corrected chi connectivity index (χ2v) is 2.81. The minimum absolute atomic E-state index is 0.0856. The normalized spacial score (nSPS) is 9.83. The number of nitro groups is 1. The van der Waals surface area contributed by atoms with Crippen molar-refractivity contribution in [3.8, 4) is 0 Å². The largest absolute Gasteiger partial charge is 0.340 e. The molecule has 0 aliphatic rings. The van der Waals surface area contributed by atoms with E-state index >= 15 is 0 Å². The Morgan fingerprint density at radius 1 is 1.75 bits per heavy atom. The molecule has 1 rings (SSSR count). The monoisotopic (exact) mass is 205 g/mol. The van der Waals surface area contributed by atoms with Crippen molar-refractivity contribution in [1.82, 2.24) is 9.97 Å². The third-order valence-electron chi connectivity index (χ3n) is 1.15. The molecule has 0 radical (unpaired) electrons. The summed E-state index contributed by atoms with van der Waals surface area (Å²) in [5.41, 5.74) is -0.350. The summed E-state index contributed by atoms with van der Waals surface area (Å²) in [5, 5.41) is 10.3. The number of hydrogen-bond acceptors (Lipinski definition) is 4. The van der Waals surface area contributed by atoms with Gasteiger partial charge in [0.1, 0.15) is 5.82 Å². The highest BCUT2D eigenvalue weighted by atomic mass is 35.5. The maximum Gasteiger partial charge on any atom is 0.340 e. The highest BCUT2D eigenvalue weighted by molar-refractivity contribution is 7.71. The first-order valence-electron chi connectivity index (χ1n) is 2.93. The number of aromatic nitrogens is 2. The number of halogens is 1. The van der Waals surface area contributed by atoms with E-state index in [2.05, 4.69) is 22.2 Å². The van der Waals surface area contributed by atoms with Crippen LogP contribution in [-0.4, -0.2) is 14.9 Å². The molecule has 1 aromatic heterocycles. The van der Waals surface area contributed by atoms with Crippen LogP contribution in [0.1, 0.15) is 5.82 Å². The summed E-state index contributed by atoms with van der Waals surface area (Å²) in [6.45, 7) is 1.62. The van der Waals surface area contributed by atoms with E-state index in [0.29, 0.717) is 5.82 Å². The lowest BCUT2D eigenvalue weighted by atomic mass is 10.5. The molecule has 1 aromatic rings. The Labute approximate surface area is 77.6 Å². The van der Waals surface area contributed by atoms with Gasteiger partial charge in [0.25, 0.3) is 0 Å². The number of nitrogens with zero attached hydrogens (tertiary/aromatic N) is 2. The van der Waals surface area contributed by atoms with E-state index in [-0.39, 0.29) is 15.5 Å². The highest BCUT2D eigenvalue weighted by Crippen LogP contribution is 2.21. The van der Waals surface area contributed by atoms with E-state index in [1.165, 1.54) is 0 Å². The lowest BCUT2D eigenvalue weighted by Gasteiger charge is -1.96. The van der Waals surface area contributed by atoms with Crippen molar-refractivity contribution in [2.24, 2.45) is 0 Å². The van der Waals surface area contributed by atoms with E-state index in [9.17, 15) is 10.1 Å². The summed E-state index contributed by atoms with van der Waals surface area (Å²) in [7, 11) is 0. The van der Waals surface area contributed by atoms with Gasteiger partial charge in [0.2, 0.25) is 4.64 Å². The molecule has 0 saturated heterocycles. The minimum Gasteiger partial charge on any atom is -0.329 e. The molecule has 0 bridgehead atoms. The predicted molar refractivity (Wildman–Crippen MR) is 45.8 cm³/mol. The summed E-state index contributed by atoms with van der Waals surface area (Å²) in [4.78, 5) is 15.9. The first-order valence-corrected chi connectivity index (χ1v) is 3.72. The van der Waals surface area contributed by atoms with E-state index in [0.717, 1.165) is 0 Å². The first kappa shape index (κ1) is 9.08. The van der Waals surface area contributed by atoms with E-state index in [1.54, 1.807) is 6.92 Å². The maximum absolute atomic E-state index is 10.3. The van der Waals surface area contributed by atoms with Crippen LogP contribution in [0.5, 0.6) is 0 Å². The summed E-state index contributed by atoms with van der Waals surface area (Å²) in [5.74, 6) is 0.454. The van der Waals surface area contributed by atoms with E-state index in [4.69, 9.17) is 11.6 Å². The lowest BCUT2D eigenvalue weighted by Crippen LogP contribution is -1.97. The smallest absolute Gasteiger partial charge is 0.329 e. The van der Waals surface area contributed by atoms with Crippen molar-refractivity contribution < 1.29 is 4.92 Å². The molecule has 0 atom stereocenters. The topological polar surface area (TPSA) is 71.8 Å². The zero-order chi connectivity index (χ0) is 9.30. The van der Waals surface area contributed by atoms with Gasteiger partial charge < -0.3 is 4.98 Å². The van der Waals surface area contributed by atoms with Crippen LogP contribution in [0.25, 0.3) is 0 Å². The average Bonchev–Trinajstić information content (AvgIpc) is 1.82. The Bertz CT molecular complexity index is 389. The molecule has 12 heavy (non-hydrogen) atoms. The number of aromatic amines is 1. The van der Waals surface area contributed by atoms with Crippen LogP contribution >= 0.6 is 23.8 Å². The Morgan fingerprint density at radius 2 is 2.33 bits per heavy atom. The number of H-pyrrole nitrogens is 1. The van der Waals surface area contributed by atoms with Gasteiger partial charge >= 0.3 is 5.69 Å². The van der Waals surface area contributed by atoms with E-state index in [1.807, 2.05) is 0 Å². The van der Waals surface area contributed by atoms with Gasteiger partial charge in [-0.15, -0.1) is 0 Å². The van der Waals surface area contributed by atoms with Gasteiger partial charge in [-0.05, 0) is 6.92 Å². The molecule has 0 saturated carbocycles. The molecule has 0 aromatic carbocycles. The molecule has 1 N–H and O–H groups in total. The van der Waals surface area contributed by atoms with Crippen LogP contribution in [0.4, 0.5) is 5.69 Å². The van der Waals surface area contributed by atoms with Gasteiger partial charge in [0, 0.05) is 0 Å². The summed E-state index contributed by atoms with van der Waals surface area (Å²) < 4.78 is -0.0961. The SMILES string of the molecule is Cc1nc(=S)c([N+](=O)[O-])c(Cl)[nH]1. The molecule has 0 fully saturated rings. The first-order chi connectivity index (χ1) is 5.52. The molecule has 64 valence electrons. The van der Waals surface area contributed by atoms with Gasteiger partial charge in [-0.1, -0.05) is 23.8 Å². The number of nitrogens with one attached hydrogen (secondary N) is 1.